The number of phosphoric acid groups is 1. The van der Waals surface area contributed by atoms with E-state index in [-0.39, 0.29) is 26.1 Å². The van der Waals surface area contributed by atoms with E-state index in [0.29, 0.717) is 17.4 Å². The average Bonchev–Trinajstić information content (AvgIpc) is 2.63. The van der Waals surface area contributed by atoms with Gasteiger partial charge in [0, 0.05) is 12.8 Å². The third-order valence-corrected chi connectivity index (χ3v) is 5.12. The Balaban J connectivity index is 4.63. The summed E-state index contributed by atoms with van der Waals surface area (Å²) in [4.78, 5) is 33.7. The second kappa shape index (κ2) is 15.8. The van der Waals surface area contributed by atoms with Crippen molar-refractivity contribution in [3.63, 3.8) is 0 Å². The Hall–Kier alpha value is -0.990. The predicted molar refractivity (Wildman–Crippen MR) is 114 cm³/mol. The van der Waals surface area contributed by atoms with Crippen LogP contribution in [-0.4, -0.2) is 74.9 Å². The van der Waals surface area contributed by atoms with E-state index >= 15 is 0 Å². The normalized spacial score (nSPS) is 14.7. The summed E-state index contributed by atoms with van der Waals surface area (Å²) in [6.45, 7) is 3.97. The average molecular weight is 455 g/mol. The number of unbranched alkanes of at least 4 members (excludes halogenated alkanes) is 4. The van der Waals surface area contributed by atoms with Crippen LogP contribution in [0.5, 0.6) is 0 Å². The number of nitrogens with zero attached hydrogens (tertiary/aromatic N) is 1. The molecule has 0 bridgehead atoms. The second-order valence-electron chi connectivity index (χ2n) is 8.32. The quantitative estimate of drug-likeness (QED) is 0.145. The first-order valence-electron chi connectivity index (χ1n) is 10.8. The van der Waals surface area contributed by atoms with Gasteiger partial charge in [-0.3, -0.25) is 18.6 Å². The zero-order valence-corrected chi connectivity index (χ0v) is 20.2. The molecule has 0 amide bonds. The number of hydrogen-bond acceptors (Lipinski definition) is 7. The maximum Gasteiger partial charge on any atom is 0.472 e. The van der Waals surface area contributed by atoms with Gasteiger partial charge >= 0.3 is 19.8 Å². The van der Waals surface area contributed by atoms with E-state index in [1.807, 2.05) is 35.0 Å². The van der Waals surface area contributed by atoms with Gasteiger partial charge in [-0.2, -0.15) is 0 Å². The van der Waals surface area contributed by atoms with Crippen molar-refractivity contribution < 1.29 is 42.1 Å². The van der Waals surface area contributed by atoms with Gasteiger partial charge in [-0.15, -0.1) is 0 Å². The summed E-state index contributed by atoms with van der Waals surface area (Å²) in [6.07, 6.45) is 4.71. The predicted octanol–water partition coefficient (Wildman–Crippen LogP) is 3.44. The van der Waals surface area contributed by atoms with E-state index in [0.717, 1.165) is 32.1 Å². The molecule has 178 valence electrons. The molecule has 0 fully saturated rings. The molecule has 0 aliphatic rings. The minimum Gasteiger partial charge on any atom is -0.462 e. The number of carbonyl (C=O) groups is 2. The van der Waals surface area contributed by atoms with Crippen LogP contribution in [0.2, 0.25) is 0 Å². The van der Waals surface area contributed by atoms with Gasteiger partial charge in [0.1, 0.15) is 19.8 Å². The Morgan fingerprint density at radius 1 is 0.900 bits per heavy atom. The van der Waals surface area contributed by atoms with Crippen LogP contribution >= 0.6 is 7.82 Å². The highest BCUT2D eigenvalue weighted by Crippen LogP contribution is 2.43. The monoisotopic (exact) mass is 454 g/mol. The lowest BCUT2D eigenvalue weighted by molar-refractivity contribution is -0.870. The lowest BCUT2D eigenvalue weighted by atomic mass is 10.2. The van der Waals surface area contributed by atoms with Crippen LogP contribution in [0.1, 0.15) is 65.2 Å². The number of rotatable bonds is 18. The van der Waals surface area contributed by atoms with Crippen molar-refractivity contribution in [2.45, 2.75) is 71.3 Å². The minimum atomic E-state index is -4.31. The number of esters is 2. The highest BCUT2D eigenvalue weighted by Gasteiger charge is 2.26. The van der Waals surface area contributed by atoms with Crippen molar-refractivity contribution in [3.05, 3.63) is 0 Å². The summed E-state index contributed by atoms with van der Waals surface area (Å²) >= 11 is 0. The molecule has 0 saturated carbocycles. The summed E-state index contributed by atoms with van der Waals surface area (Å²) in [7, 11) is 1.47. The highest BCUT2D eigenvalue weighted by molar-refractivity contribution is 7.47. The van der Waals surface area contributed by atoms with Gasteiger partial charge in [0.15, 0.2) is 6.10 Å². The van der Waals surface area contributed by atoms with Crippen LogP contribution in [0.25, 0.3) is 0 Å². The third kappa shape index (κ3) is 17.8. The highest BCUT2D eigenvalue weighted by atomic mass is 31.2. The smallest absolute Gasteiger partial charge is 0.462 e. The van der Waals surface area contributed by atoms with Crippen molar-refractivity contribution in [3.8, 4) is 0 Å². The summed E-state index contributed by atoms with van der Waals surface area (Å²) in [5.41, 5.74) is 0. The molecule has 0 aromatic heterocycles. The Kier molecular flexibility index (Phi) is 15.2. The summed E-state index contributed by atoms with van der Waals surface area (Å²) in [5, 5.41) is 0. The molecule has 0 heterocycles. The number of carbonyl (C=O) groups excluding carboxylic acids is 2. The fourth-order valence-corrected chi connectivity index (χ4v) is 3.04. The topological polar surface area (TPSA) is 108 Å². The van der Waals surface area contributed by atoms with Gasteiger partial charge in [-0.25, -0.2) is 4.57 Å². The molecule has 2 atom stereocenters. The van der Waals surface area contributed by atoms with Crippen molar-refractivity contribution in [1.82, 2.24) is 0 Å². The lowest BCUT2D eigenvalue weighted by Crippen LogP contribution is -2.37. The van der Waals surface area contributed by atoms with Crippen LogP contribution in [0.4, 0.5) is 0 Å². The Labute approximate surface area is 181 Å². The summed E-state index contributed by atoms with van der Waals surface area (Å²) < 4.78 is 33.0. The Bertz CT molecular complexity index is 535. The van der Waals surface area contributed by atoms with Gasteiger partial charge in [0.2, 0.25) is 0 Å². The molecular formula is C20H41NO8P+. The molecule has 0 aromatic rings. The van der Waals surface area contributed by atoms with Crippen LogP contribution in [0, 0.1) is 0 Å². The molecule has 0 spiro atoms. The minimum absolute atomic E-state index is 0.0329. The van der Waals surface area contributed by atoms with Crippen molar-refractivity contribution in [2.75, 3.05) is 47.5 Å². The molecular weight excluding hydrogens is 413 g/mol. The molecule has 0 rings (SSSR count). The van der Waals surface area contributed by atoms with E-state index in [2.05, 4.69) is 0 Å². The maximum absolute atomic E-state index is 12.1. The van der Waals surface area contributed by atoms with E-state index in [9.17, 15) is 19.0 Å². The van der Waals surface area contributed by atoms with Crippen LogP contribution in [-0.2, 0) is 32.7 Å². The fourth-order valence-electron chi connectivity index (χ4n) is 2.30. The van der Waals surface area contributed by atoms with E-state index in [4.69, 9.17) is 18.5 Å². The van der Waals surface area contributed by atoms with Crippen LogP contribution in [0.15, 0.2) is 0 Å². The first kappa shape index (κ1) is 29.0. The Morgan fingerprint density at radius 2 is 1.47 bits per heavy atom. The van der Waals surface area contributed by atoms with Gasteiger partial charge in [0.25, 0.3) is 0 Å². The zero-order valence-electron chi connectivity index (χ0n) is 19.3. The van der Waals surface area contributed by atoms with E-state index in [1.54, 1.807) is 0 Å². The molecule has 0 aliphatic heterocycles. The van der Waals surface area contributed by atoms with E-state index in [1.165, 1.54) is 0 Å². The molecule has 0 radical (unpaired) electrons. The molecule has 10 heteroatoms. The number of ether oxygens (including phenoxy) is 2. The van der Waals surface area contributed by atoms with Crippen molar-refractivity contribution >= 4 is 19.8 Å². The lowest BCUT2D eigenvalue weighted by Gasteiger charge is -2.24. The number of hydrogen-bond donors (Lipinski definition) is 1. The zero-order chi connectivity index (χ0) is 23.0. The number of phosphoric ester groups is 1. The van der Waals surface area contributed by atoms with Gasteiger partial charge < -0.3 is 18.9 Å². The SMILES string of the molecule is CCCCCC(=O)OCC(COP(=O)(O)OCC[N+](C)(C)C)OC(=O)CCCCC. The maximum atomic E-state index is 12.1. The summed E-state index contributed by atoms with van der Waals surface area (Å²) in [5.74, 6) is -0.861. The fraction of sp³-hybridized carbons (Fsp3) is 0.900. The van der Waals surface area contributed by atoms with Crippen molar-refractivity contribution in [2.24, 2.45) is 0 Å². The third-order valence-electron chi connectivity index (χ3n) is 4.14. The number of likely N-dealkylation sites (N-methyl/N-ethyl adjacent to an activating group) is 1. The Morgan fingerprint density at radius 3 is 2.00 bits per heavy atom. The number of quaternary nitrogens is 1. The van der Waals surface area contributed by atoms with Gasteiger partial charge in [0.05, 0.1) is 27.7 Å². The molecule has 30 heavy (non-hydrogen) atoms. The van der Waals surface area contributed by atoms with Gasteiger partial charge in [-0.1, -0.05) is 39.5 Å². The first-order chi connectivity index (χ1) is 14.0. The molecule has 0 aliphatic carbocycles. The first-order valence-corrected chi connectivity index (χ1v) is 12.3. The largest absolute Gasteiger partial charge is 0.472 e. The van der Waals surface area contributed by atoms with Crippen LogP contribution in [0.3, 0.4) is 0 Å². The van der Waals surface area contributed by atoms with Crippen LogP contribution < -0.4 is 0 Å². The standard InChI is InChI=1S/C20H40NO8P/c1-6-8-10-12-19(22)26-16-18(29-20(23)13-11-9-7-2)17-28-30(24,25)27-15-14-21(3,4)5/h18H,6-17H2,1-5H3/p+1. The van der Waals surface area contributed by atoms with Crippen molar-refractivity contribution in [1.29, 1.82) is 0 Å². The summed E-state index contributed by atoms with van der Waals surface area (Å²) in [6, 6.07) is 0. The van der Waals surface area contributed by atoms with Gasteiger partial charge in [-0.05, 0) is 12.8 Å². The second-order valence-corrected chi connectivity index (χ2v) is 9.77. The molecule has 0 saturated heterocycles. The molecule has 9 nitrogen and oxygen atoms in total. The molecule has 1 N–H and O–H groups in total. The van der Waals surface area contributed by atoms with E-state index < -0.39 is 32.5 Å². The molecule has 2 unspecified atom stereocenters. The molecule has 0 aromatic carbocycles.